The van der Waals surface area contributed by atoms with Gasteiger partial charge < -0.3 is 10.6 Å². The largest absolute Gasteiger partial charge is 0.326 e. The molecule has 0 radical (unpaired) electrons. The molecule has 2 aromatic carbocycles. The Labute approximate surface area is 178 Å². The Morgan fingerprint density at radius 1 is 0.867 bits per heavy atom. The molecule has 1 aliphatic rings. The molecule has 0 aromatic heterocycles. The minimum atomic E-state index is -3.86. The van der Waals surface area contributed by atoms with Gasteiger partial charge in [-0.25, -0.2) is 8.42 Å². The van der Waals surface area contributed by atoms with Crippen LogP contribution in [0.25, 0.3) is 0 Å². The predicted octanol–water partition coefficient (Wildman–Crippen LogP) is 4.30. The molecule has 160 valence electrons. The van der Waals surface area contributed by atoms with E-state index in [-0.39, 0.29) is 10.8 Å². The number of rotatable bonds is 5. The first-order valence-electron chi connectivity index (χ1n) is 10.1. The zero-order valence-electron chi connectivity index (χ0n) is 17.8. The van der Waals surface area contributed by atoms with Crippen molar-refractivity contribution in [3.8, 4) is 0 Å². The van der Waals surface area contributed by atoms with Gasteiger partial charge in [-0.2, -0.15) is 0 Å². The van der Waals surface area contributed by atoms with E-state index in [0.717, 1.165) is 16.7 Å². The number of nitrogens with one attached hydrogen (secondary N) is 2. The van der Waals surface area contributed by atoms with Crippen molar-refractivity contribution in [2.75, 3.05) is 10.6 Å². The SMILES string of the molecule is CC(=O)Nc1ccc(NC(=O)C2(S(=O)(=O)c3ccc(C)c(C)c3)CCCC2)cc1C. The summed E-state index contributed by atoms with van der Waals surface area (Å²) in [6.07, 6.45) is 1.99. The number of anilines is 2. The highest BCUT2D eigenvalue weighted by Gasteiger charge is 2.53. The normalized spacial score (nSPS) is 15.6. The van der Waals surface area contributed by atoms with E-state index in [1.165, 1.54) is 6.92 Å². The van der Waals surface area contributed by atoms with Crippen LogP contribution in [-0.2, 0) is 19.4 Å². The zero-order chi connectivity index (χ0) is 22.1. The second-order valence-corrected chi connectivity index (χ2v) is 10.4. The molecule has 7 heteroatoms. The molecule has 0 unspecified atom stereocenters. The molecule has 30 heavy (non-hydrogen) atoms. The highest BCUT2D eigenvalue weighted by Crippen LogP contribution is 2.42. The molecule has 0 spiro atoms. The highest BCUT2D eigenvalue weighted by atomic mass is 32.2. The van der Waals surface area contributed by atoms with E-state index in [9.17, 15) is 18.0 Å². The van der Waals surface area contributed by atoms with Gasteiger partial charge in [-0.1, -0.05) is 18.9 Å². The van der Waals surface area contributed by atoms with Gasteiger partial charge in [-0.3, -0.25) is 9.59 Å². The lowest BCUT2D eigenvalue weighted by atomic mass is 10.1. The summed E-state index contributed by atoms with van der Waals surface area (Å²) in [6.45, 7) is 7.04. The van der Waals surface area contributed by atoms with Gasteiger partial charge in [-0.15, -0.1) is 0 Å². The molecule has 3 rings (SSSR count). The van der Waals surface area contributed by atoms with Crippen LogP contribution in [0.15, 0.2) is 41.3 Å². The third-order valence-electron chi connectivity index (χ3n) is 5.92. The number of benzene rings is 2. The van der Waals surface area contributed by atoms with Crippen LogP contribution in [0.1, 0.15) is 49.3 Å². The zero-order valence-corrected chi connectivity index (χ0v) is 18.7. The monoisotopic (exact) mass is 428 g/mol. The fourth-order valence-electron chi connectivity index (χ4n) is 3.99. The molecule has 0 heterocycles. The lowest BCUT2D eigenvalue weighted by Gasteiger charge is -2.28. The fourth-order valence-corrected chi connectivity index (χ4v) is 6.14. The van der Waals surface area contributed by atoms with Crippen LogP contribution in [0.3, 0.4) is 0 Å². The van der Waals surface area contributed by atoms with Crippen molar-refractivity contribution in [3.63, 3.8) is 0 Å². The van der Waals surface area contributed by atoms with Crippen molar-refractivity contribution < 1.29 is 18.0 Å². The van der Waals surface area contributed by atoms with E-state index in [0.29, 0.717) is 37.1 Å². The van der Waals surface area contributed by atoms with Gasteiger partial charge in [0.05, 0.1) is 4.90 Å². The molecule has 2 aromatic rings. The first-order chi connectivity index (χ1) is 14.1. The number of carbonyl (C=O) groups excluding carboxylic acids is 2. The summed E-state index contributed by atoms with van der Waals surface area (Å²) in [4.78, 5) is 24.8. The third kappa shape index (κ3) is 3.99. The van der Waals surface area contributed by atoms with Crippen LogP contribution in [0.4, 0.5) is 11.4 Å². The van der Waals surface area contributed by atoms with E-state index in [1.807, 2.05) is 20.8 Å². The smallest absolute Gasteiger partial charge is 0.246 e. The summed E-state index contributed by atoms with van der Waals surface area (Å²) in [5.41, 5.74) is 3.83. The molecule has 2 amide bonds. The van der Waals surface area contributed by atoms with Gasteiger partial charge in [-0.05, 0) is 80.6 Å². The molecule has 1 fully saturated rings. The summed E-state index contributed by atoms with van der Waals surface area (Å²) in [5, 5.41) is 5.54. The van der Waals surface area contributed by atoms with Crippen LogP contribution >= 0.6 is 0 Å². The minimum Gasteiger partial charge on any atom is -0.326 e. The molecule has 0 saturated heterocycles. The summed E-state index contributed by atoms with van der Waals surface area (Å²) in [7, 11) is -3.86. The standard InChI is InChI=1S/C23H28N2O4S/c1-15-7-9-20(14-16(15)2)30(28,29)23(11-5-6-12-23)22(27)25-19-8-10-21(17(3)13-19)24-18(4)26/h7-10,13-14H,5-6,11-12H2,1-4H3,(H,24,26)(H,25,27). The van der Waals surface area contributed by atoms with Crippen LogP contribution in [0, 0.1) is 20.8 Å². The Morgan fingerprint density at radius 2 is 1.53 bits per heavy atom. The van der Waals surface area contributed by atoms with Crippen molar-refractivity contribution in [3.05, 3.63) is 53.1 Å². The third-order valence-corrected chi connectivity index (χ3v) is 8.42. The summed E-state index contributed by atoms with van der Waals surface area (Å²) >= 11 is 0. The Hall–Kier alpha value is -2.67. The summed E-state index contributed by atoms with van der Waals surface area (Å²) in [6, 6.07) is 10.1. The maximum Gasteiger partial charge on any atom is 0.246 e. The number of amides is 2. The Bertz CT molecular complexity index is 1100. The molecule has 1 saturated carbocycles. The maximum atomic E-state index is 13.6. The van der Waals surface area contributed by atoms with E-state index in [4.69, 9.17) is 0 Å². The molecular formula is C23H28N2O4S. The maximum absolute atomic E-state index is 13.6. The number of carbonyl (C=O) groups is 2. The van der Waals surface area contributed by atoms with Crippen molar-refractivity contribution in [1.29, 1.82) is 0 Å². The highest BCUT2D eigenvalue weighted by molar-refractivity contribution is 7.93. The van der Waals surface area contributed by atoms with E-state index >= 15 is 0 Å². The second-order valence-electron chi connectivity index (χ2n) is 8.12. The summed E-state index contributed by atoms with van der Waals surface area (Å²) < 4.78 is 25.7. The Kier molecular flexibility index (Phi) is 6.04. The molecule has 1 aliphatic carbocycles. The van der Waals surface area contributed by atoms with Gasteiger partial charge in [0.2, 0.25) is 11.8 Å². The van der Waals surface area contributed by atoms with Crippen LogP contribution in [0.2, 0.25) is 0 Å². The quantitative estimate of drug-likeness (QED) is 0.743. The van der Waals surface area contributed by atoms with Crippen molar-refractivity contribution in [1.82, 2.24) is 0 Å². The number of hydrogen-bond donors (Lipinski definition) is 2. The van der Waals surface area contributed by atoms with Crippen molar-refractivity contribution in [2.45, 2.75) is 63.0 Å². The van der Waals surface area contributed by atoms with Crippen LogP contribution < -0.4 is 10.6 Å². The number of sulfone groups is 1. The number of hydrogen-bond acceptors (Lipinski definition) is 4. The van der Waals surface area contributed by atoms with Gasteiger partial charge in [0.15, 0.2) is 14.6 Å². The van der Waals surface area contributed by atoms with Crippen molar-refractivity contribution in [2.24, 2.45) is 0 Å². The number of aryl methyl sites for hydroxylation is 3. The molecule has 6 nitrogen and oxygen atoms in total. The van der Waals surface area contributed by atoms with E-state index in [2.05, 4.69) is 10.6 Å². The molecule has 0 atom stereocenters. The second kappa shape index (κ2) is 8.22. The first kappa shape index (κ1) is 22.0. The van der Waals surface area contributed by atoms with Crippen molar-refractivity contribution >= 4 is 33.0 Å². The van der Waals surface area contributed by atoms with E-state index < -0.39 is 20.5 Å². The lowest BCUT2D eigenvalue weighted by Crippen LogP contribution is -2.47. The summed E-state index contributed by atoms with van der Waals surface area (Å²) in [5.74, 6) is -0.677. The first-order valence-corrected chi connectivity index (χ1v) is 11.6. The Morgan fingerprint density at radius 3 is 2.10 bits per heavy atom. The van der Waals surface area contributed by atoms with Crippen LogP contribution in [0.5, 0.6) is 0 Å². The van der Waals surface area contributed by atoms with Gasteiger partial charge in [0.1, 0.15) is 0 Å². The molecule has 0 aliphatic heterocycles. The minimum absolute atomic E-state index is 0.181. The average Bonchev–Trinajstić information content (AvgIpc) is 3.17. The Balaban J connectivity index is 1.94. The van der Waals surface area contributed by atoms with Gasteiger partial charge >= 0.3 is 0 Å². The average molecular weight is 429 g/mol. The fraction of sp³-hybridized carbons (Fsp3) is 0.391. The molecule has 0 bridgehead atoms. The molecular weight excluding hydrogens is 400 g/mol. The van der Waals surface area contributed by atoms with Gasteiger partial charge in [0.25, 0.3) is 0 Å². The molecule has 2 N–H and O–H groups in total. The topological polar surface area (TPSA) is 92.3 Å². The van der Waals surface area contributed by atoms with Gasteiger partial charge in [0, 0.05) is 18.3 Å². The van der Waals surface area contributed by atoms with E-state index in [1.54, 1.807) is 36.4 Å². The predicted molar refractivity (Wildman–Crippen MR) is 118 cm³/mol. The van der Waals surface area contributed by atoms with Crippen LogP contribution in [-0.4, -0.2) is 25.0 Å². The lowest BCUT2D eigenvalue weighted by molar-refractivity contribution is -0.118.